The zero-order valence-corrected chi connectivity index (χ0v) is 11.1. The Hall–Kier alpha value is -3.14. The van der Waals surface area contributed by atoms with E-state index in [4.69, 9.17) is 10.00 Å². The number of benzene rings is 1. The van der Waals surface area contributed by atoms with Crippen LogP contribution in [0.3, 0.4) is 0 Å². The maximum absolute atomic E-state index is 11.9. The SMILES string of the molecule is Cn1cccc1C(=O)COc1ccc(C#N)cc1[N+](=O)[O-]. The summed E-state index contributed by atoms with van der Waals surface area (Å²) in [5.41, 5.74) is 0.267. The summed E-state index contributed by atoms with van der Waals surface area (Å²) < 4.78 is 6.86. The van der Waals surface area contributed by atoms with Crippen molar-refractivity contribution in [3.05, 3.63) is 57.9 Å². The Balaban J connectivity index is 2.17. The van der Waals surface area contributed by atoms with Crippen LogP contribution in [0.5, 0.6) is 5.75 Å². The predicted molar refractivity (Wildman–Crippen MR) is 73.0 cm³/mol. The lowest BCUT2D eigenvalue weighted by molar-refractivity contribution is -0.385. The van der Waals surface area contributed by atoms with Gasteiger partial charge in [0.05, 0.1) is 22.2 Å². The van der Waals surface area contributed by atoms with E-state index >= 15 is 0 Å². The molecule has 0 amide bonds. The molecule has 1 heterocycles. The molecule has 7 heteroatoms. The molecule has 7 nitrogen and oxygen atoms in total. The van der Waals surface area contributed by atoms with Gasteiger partial charge in [-0.05, 0) is 24.3 Å². The first-order valence-electron chi connectivity index (χ1n) is 5.99. The number of ketones is 1. The zero-order chi connectivity index (χ0) is 15.4. The minimum absolute atomic E-state index is 0.0402. The lowest BCUT2D eigenvalue weighted by Gasteiger charge is -2.07. The van der Waals surface area contributed by atoms with Crippen LogP contribution in [-0.4, -0.2) is 21.9 Å². The third-order valence-corrected chi connectivity index (χ3v) is 2.87. The summed E-state index contributed by atoms with van der Waals surface area (Å²) in [6.07, 6.45) is 1.72. The smallest absolute Gasteiger partial charge is 0.312 e. The van der Waals surface area contributed by atoms with Gasteiger partial charge in [0, 0.05) is 19.3 Å². The summed E-state index contributed by atoms with van der Waals surface area (Å²) in [5, 5.41) is 19.7. The topological polar surface area (TPSA) is 98.2 Å². The number of aromatic nitrogens is 1. The highest BCUT2D eigenvalue weighted by Crippen LogP contribution is 2.27. The van der Waals surface area contributed by atoms with Crippen LogP contribution in [0.4, 0.5) is 5.69 Å². The number of aryl methyl sites for hydroxylation is 1. The zero-order valence-electron chi connectivity index (χ0n) is 11.1. The summed E-state index contributed by atoms with van der Waals surface area (Å²) in [6.45, 7) is -0.315. The summed E-state index contributed by atoms with van der Waals surface area (Å²) in [7, 11) is 1.72. The Labute approximate surface area is 120 Å². The van der Waals surface area contributed by atoms with Crippen LogP contribution in [0.25, 0.3) is 0 Å². The van der Waals surface area contributed by atoms with Gasteiger partial charge in [-0.2, -0.15) is 5.26 Å². The van der Waals surface area contributed by atoms with E-state index in [1.54, 1.807) is 29.9 Å². The van der Waals surface area contributed by atoms with Crippen molar-refractivity contribution in [2.75, 3.05) is 6.61 Å². The average molecular weight is 285 g/mol. The Morgan fingerprint density at radius 2 is 2.24 bits per heavy atom. The van der Waals surface area contributed by atoms with Gasteiger partial charge in [0.2, 0.25) is 5.78 Å². The number of hydrogen-bond donors (Lipinski definition) is 0. The molecule has 0 fully saturated rings. The largest absolute Gasteiger partial charge is 0.478 e. The minimum Gasteiger partial charge on any atom is -0.478 e. The highest BCUT2D eigenvalue weighted by atomic mass is 16.6. The molecule has 106 valence electrons. The average Bonchev–Trinajstić information content (AvgIpc) is 2.90. The van der Waals surface area contributed by atoms with Gasteiger partial charge in [-0.3, -0.25) is 14.9 Å². The van der Waals surface area contributed by atoms with Crippen LogP contribution < -0.4 is 4.74 Å². The third kappa shape index (κ3) is 3.06. The molecule has 2 aromatic rings. The fourth-order valence-electron chi connectivity index (χ4n) is 1.82. The lowest BCUT2D eigenvalue weighted by Crippen LogP contribution is -2.15. The van der Waals surface area contributed by atoms with Gasteiger partial charge in [-0.1, -0.05) is 0 Å². The van der Waals surface area contributed by atoms with Crippen LogP contribution in [0, 0.1) is 21.4 Å². The van der Waals surface area contributed by atoms with Crippen molar-refractivity contribution in [2.24, 2.45) is 7.05 Å². The molecular weight excluding hydrogens is 274 g/mol. The van der Waals surface area contributed by atoms with Crippen LogP contribution in [0.1, 0.15) is 16.1 Å². The van der Waals surface area contributed by atoms with Gasteiger partial charge in [0.15, 0.2) is 12.4 Å². The molecule has 21 heavy (non-hydrogen) atoms. The van der Waals surface area contributed by atoms with Crippen molar-refractivity contribution >= 4 is 11.5 Å². The molecule has 1 aromatic heterocycles. The van der Waals surface area contributed by atoms with E-state index < -0.39 is 4.92 Å². The summed E-state index contributed by atoms with van der Waals surface area (Å²) in [6, 6.07) is 9.00. The van der Waals surface area contributed by atoms with Crippen molar-refractivity contribution in [2.45, 2.75) is 0 Å². The van der Waals surface area contributed by atoms with Crippen LogP contribution in [0.15, 0.2) is 36.5 Å². The van der Waals surface area contributed by atoms with E-state index in [1.807, 2.05) is 6.07 Å². The lowest BCUT2D eigenvalue weighted by atomic mass is 10.2. The molecular formula is C14H11N3O4. The van der Waals surface area contributed by atoms with Crippen LogP contribution in [-0.2, 0) is 7.05 Å². The van der Waals surface area contributed by atoms with Crippen LogP contribution >= 0.6 is 0 Å². The van der Waals surface area contributed by atoms with E-state index in [9.17, 15) is 14.9 Å². The Bertz CT molecular complexity index is 743. The number of nitro groups is 1. The summed E-state index contributed by atoms with van der Waals surface area (Å²) in [5.74, 6) is -0.331. The highest BCUT2D eigenvalue weighted by molar-refractivity contribution is 5.95. The normalized spacial score (nSPS) is 9.90. The number of nitriles is 1. The number of nitrogens with zero attached hydrogens (tertiary/aromatic N) is 3. The summed E-state index contributed by atoms with van der Waals surface area (Å²) in [4.78, 5) is 22.2. The number of Topliss-reactive ketones (excluding diaryl/α,β-unsaturated/α-hetero) is 1. The molecule has 0 aliphatic carbocycles. The second kappa shape index (κ2) is 5.88. The van der Waals surface area contributed by atoms with Crippen molar-refractivity contribution in [1.29, 1.82) is 5.26 Å². The van der Waals surface area contributed by atoms with Gasteiger partial charge in [0.25, 0.3) is 0 Å². The molecule has 0 N–H and O–H groups in total. The van der Waals surface area contributed by atoms with Crippen molar-refractivity contribution < 1.29 is 14.5 Å². The molecule has 0 saturated carbocycles. The monoisotopic (exact) mass is 285 g/mol. The van der Waals surface area contributed by atoms with Gasteiger partial charge < -0.3 is 9.30 Å². The second-order valence-corrected chi connectivity index (χ2v) is 4.27. The van der Waals surface area contributed by atoms with E-state index in [1.165, 1.54) is 12.1 Å². The number of ether oxygens (including phenoxy) is 1. The summed E-state index contributed by atoms with van der Waals surface area (Å²) >= 11 is 0. The maximum atomic E-state index is 11.9. The molecule has 0 spiro atoms. The number of rotatable bonds is 5. The maximum Gasteiger partial charge on any atom is 0.312 e. The number of nitro benzene ring substituents is 1. The Kier molecular flexibility index (Phi) is 4.00. The standard InChI is InChI=1S/C14H11N3O4/c1-16-6-2-3-11(16)13(18)9-21-14-5-4-10(8-15)7-12(14)17(19)20/h2-7H,9H2,1H3. The molecule has 0 radical (unpaired) electrons. The molecule has 0 aliphatic heterocycles. The molecule has 1 aromatic carbocycles. The van der Waals surface area contributed by atoms with E-state index in [2.05, 4.69) is 0 Å². The third-order valence-electron chi connectivity index (χ3n) is 2.87. The first-order chi connectivity index (χ1) is 10.0. The number of carbonyl (C=O) groups excluding carboxylic acids is 1. The molecule has 2 rings (SSSR count). The number of carbonyl (C=O) groups is 1. The van der Waals surface area contributed by atoms with Gasteiger partial charge in [0.1, 0.15) is 0 Å². The minimum atomic E-state index is -0.650. The Morgan fingerprint density at radius 1 is 1.48 bits per heavy atom. The van der Waals surface area contributed by atoms with Gasteiger partial charge in [-0.15, -0.1) is 0 Å². The Morgan fingerprint density at radius 3 is 2.81 bits per heavy atom. The van der Waals surface area contributed by atoms with Gasteiger partial charge >= 0.3 is 5.69 Å². The van der Waals surface area contributed by atoms with E-state index in [-0.39, 0.29) is 29.4 Å². The molecule has 0 unspecified atom stereocenters. The van der Waals surface area contributed by atoms with E-state index in [0.717, 1.165) is 6.07 Å². The first-order valence-corrected chi connectivity index (χ1v) is 5.99. The second-order valence-electron chi connectivity index (χ2n) is 4.27. The quantitative estimate of drug-likeness (QED) is 0.475. The van der Waals surface area contributed by atoms with Crippen molar-refractivity contribution in [3.8, 4) is 11.8 Å². The predicted octanol–water partition coefficient (Wildman–Crippen LogP) is 2.07. The van der Waals surface area contributed by atoms with Crippen LogP contribution in [0.2, 0.25) is 0 Å². The molecule has 0 bridgehead atoms. The molecule has 0 saturated heterocycles. The molecule has 0 atom stereocenters. The van der Waals surface area contributed by atoms with E-state index in [0.29, 0.717) is 5.69 Å². The first kappa shape index (κ1) is 14.3. The fraction of sp³-hybridized carbons (Fsp3) is 0.143. The number of hydrogen-bond acceptors (Lipinski definition) is 5. The fourth-order valence-corrected chi connectivity index (χ4v) is 1.82. The van der Waals surface area contributed by atoms with Crippen molar-refractivity contribution in [3.63, 3.8) is 0 Å². The van der Waals surface area contributed by atoms with Gasteiger partial charge in [-0.25, -0.2) is 0 Å². The molecule has 0 aliphatic rings. The highest BCUT2D eigenvalue weighted by Gasteiger charge is 2.18. The van der Waals surface area contributed by atoms with Crippen molar-refractivity contribution in [1.82, 2.24) is 4.57 Å².